The number of oxime groups is 1. The number of hydrogen-bond acceptors (Lipinski definition) is 4. The van der Waals surface area contributed by atoms with Crippen LogP contribution >= 0.6 is 15.9 Å². The molecule has 0 radical (unpaired) electrons. The molecule has 104 valence electrons. The fourth-order valence-electron chi connectivity index (χ4n) is 1.72. The van der Waals surface area contributed by atoms with Gasteiger partial charge in [-0.2, -0.15) is 0 Å². The molecule has 2 rings (SSSR count). The van der Waals surface area contributed by atoms with Gasteiger partial charge in [0, 0.05) is 10.0 Å². The second kappa shape index (κ2) is 6.96. The first-order chi connectivity index (χ1) is 9.74. The van der Waals surface area contributed by atoms with Gasteiger partial charge in [0.25, 0.3) is 0 Å². The summed E-state index contributed by atoms with van der Waals surface area (Å²) in [5.41, 5.74) is 1.77. The largest absolute Gasteiger partial charge is 0.493 e. The molecule has 0 bridgehead atoms. The molecule has 0 aliphatic heterocycles. The second-order valence-corrected chi connectivity index (χ2v) is 4.90. The highest BCUT2D eigenvalue weighted by molar-refractivity contribution is 9.10. The van der Waals surface area contributed by atoms with Gasteiger partial charge in [-0.3, -0.25) is 0 Å². The molecule has 0 unspecified atom stereocenters. The summed E-state index contributed by atoms with van der Waals surface area (Å²) in [5, 5.41) is 11.7. The number of ether oxygens (including phenoxy) is 2. The zero-order valence-corrected chi connectivity index (χ0v) is 12.5. The van der Waals surface area contributed by atoms with Crippen LogP contribution in [-0.2, 0) is 6.61 Å². The molecule has 0 spiro atoms. The highest BCUT2D eigenvalue weighted by atomic mass is 79.9. The topological polar surface area (TPSA) is 51.0 Å². The van der Waals surface area contributed by atoms with Crippen LogP contribution in [0.1, 0.15) is 11.1 Å². The first-order valence-corrected chi connectivity index (χ1v) is 6.75. The van der Waals surface area contributed by atoms with Crippen LogP contribution in [0, 0.1) is 0 Å². The fraction of sp³-hybridized carbons (Fsp3) is 0.133. The molecule has 2 aromatic carbocycles. The average Bonchev–Trinajstić information content (AvgIpc) is 2.48. The molecule has 5 heteroatoms. The van der Waals surface area contributed by atoms with Crippen LogP contribution in [0.3, 0.4) is 0 Å². The van der Waals surface area contributed by atoms with Gasteiger partial charge in [-0.05, 0) is 33.6 Å². The van der Waals surface area contributed by atoms with Crippen molar-refractivity contribution < 1.29 is 14.7 Å². The fourth-order valence-corrected chi connectivity index (χ4v) is 2.14. The Labute approximate surface area is 125 Å². The molecular formula is C15H14BrNO3. The van der Waals surface area contributed by atoms with Gasteiger partial charge in [0.05, 0.1) is 13.3 Å². The standard InChI is InChI=1S/C15H14BrNO3/c1-19-14-8-13(16)12(9-17-18)7-15(14)20-10-11-5-3-2-4-6-11/h2-9,18H,10H2,1H3/b17-9+. The van der Waals surface area contributed by atoms with Crippen LogP contribution in [0.2, 0.25) is 0 Å². The zero-order valence-electron chi connectivity index (χ0n) is 10.9. The lowest BCUT2D eigenvalue weighted by Crippen LogP contribution is -1.99. The number of nitrogens with zero attached hydrogens (tertiary/aromatic N) is 1. The van der Waals surface area contributed by atoms with Crippen LogP contribution < -0.4 is 9.47 Å². The van der Waals surface area contributed by atoms with Crippen molar-refractivity contribution in [1.82, 2.24) is 0 Å². The maximum Gasteiger partial charge on any atom is 0.162 e. The molecule has 2 aromatic rings. The Morgan fingerprint density at radius 2 is 1.95 bits per heavy atom. The summed E-state index contributed by atoms with van der Waals surface area (Å²) >= 11 is 3.38. The summed E-state index contributed by atoms with van der Waals surface area (Å²) < 4.78 is 11.8. The van der Waals surface area contributed by atoms with E-state index in [4.69, 9.17) is 14.7 Å². The molecule has 0 saturated heterocycles. The van der Waals surface area contributed by atoms with Crippen LogP contribution in [-0.4, -0.2) is 18.5 Å². The van der Waals surface area contributed by atoms with Crippen molar-refractivity contribution in [2.75, 3.05) is 7.11 Å². The van der Waals surface area contributed by atoms with E-state index in [1.165, 1.54) is 6.21 Å². The molecule has 0 aromatic heterocycles. The zero-order chi connectivity index (χ0) is 14.4. The lowest BCUT2D eigenvalue weighted by atomic mass is 10.2. The highest BCUT2D eigenvalue weighted by Gasteiger charge is 2.09. The molecule has 0 aliphatic carbocycles. The van der Waals surface area contributed by atoms with E-state index in [0.29, 0.717) is 23.7 Å². The van der Waals surface area contributed by atoms with E-state index >= 15 is 0 Å². The van der Waals surface area contributed by atoms with Crippen LogP contribution in [0.25, 0.3) is 0 Å². The third-order valence-electron chi connectivity index (χ3n) is 2.72. The van der Waals surface area contributed by atoms with Gasteiger partial charge in [-0.25, -0.2) is 0 Å². The minimum absolute atomic E-state index is 0.439. The van der Waals surface area contributed by atoms with Gasteiger partial charge < -0.3 is 14.7 Å². The molecule has 0 atom stereocenters. The summed E-state index contributed by atoms with van der Waals surface area (Å²) in [6, 6.07) is 13.4. The van der Waals surface area contributed by atoms with Crippen molar-refractivity contribution >= 4 is 22.1 Å². The van der Waals surface area contributed by atoms with Crippen molar-refractivity contribution in [2.45, 2.75) is 6.61 Å². The van der Waals surface area contributed by atoms with E-state index in [1.54, 1.807) is 19.2 Å². The lowest BCUT2D eigenvalue weighted by Gasteiger charge is -2.12. The summed E-state index contributed by atoms with van der Waals surface area (Å²) in [6.07, 6.45) is 1.33. The van der Waals surface area contributed by atoms with Crippen LogP contribution in [0.4, 0.5) is 0 Å². The van der Waals surface area contributed by atoms with Crippen molar-refractivity contribution in [3.63, 3.8) is 0 Å². The molecule has 4 nitrogen and oxygen atoms in total. The Hall–Kier alpha value is -2.01. The van der Waals surface area contributed by atoms with Gasteiger partial charge in [0.15, 0.2) is 11.5 Å². The van der Waals surface area contributed by atoms with Gasteiger partial charge in [-0.1, -0.05) is 35.5 Å². The van der Waals surface area contributed by atoms with E-state index in [0.717, 1.165) is 10.0 Å². The van der Waals surface area contributed by atoms with E-state index in [9.17, 15) is 0 Å². The molecule has 0 fully saturated rings. The Bertz CT molecular complexity index is 600. The van der Waals surface area contributed by atoms with Crippen LogP contribution in [0.5, 0.6) is 11.5 Å². The summed E-state index contributed by atoms with van der Waals surface area (Å²) in [7, 11) is 1.58. The van der Waals surface area contributed by atoms with Gasteiger partial charge in [-0.15, -0.1) is 0 Å². The molecule has 0 amide bonds. The quantitative estimate of drug-likeness (QED) is 0.513. The molecule has 0 aliphatic rings. The Kier molecular flexibility index (Phi) is 5.01. The number of halogens is 1. The van der Waals surface area contributed by atoms with Gasteiger partial charge in [0.1, 0.15) is 6.61 Å². The monoisotopic (exact) mass is 335 g/mol. The maximum atomic E-state index is 8.65. The highest BCUT2D eigenvalue weighted by Crippen LogP contribution is 2.33. The molecule has 0 saturated carbocycles. The number of benzene rings is 2. The Balaban J connectivity index is 2.23. The number of rotatable bonds is 5. The number of hydrogen-bond donors (Lipinski definition) is 1. The second-order valence-electron chi connectivity index (χ2n) is 4.04. The van der Waals surface area contributed by atoms with Crippen LogP contribution in [0.15, 0.2) is 52.1 Å². The van der Waals surface area contributed by atoms with E-state index in [2.05, 4.69) is 21.1 Å². The Morgan fingerprint density at radius 1 is 1.20 bits per heavy atom. The van der Waals surface area contributed by atoms with Crippen molar-refractivity contribution in [3.8, 4) is 11.5 Å². The number of methoxy groups -OCH3 is 1. The van der Waals surface area contributed by atoms with E-state index in [1.807, 2.05) is 30.3 Å². The minimum atomic E-state index is 0.439. The molecular weight excluding hydrogens is 322 g/mol. The molecule has 1 N–H and O–H groups in total. The van der Waals surface area contributed by atoms with Crippen molar-refractivity contribution in [1.29, 1.82) is 0 Å². The molecule has 0 heterocycles. The van der Waals surface area contributed by atoms with Crippen molar-refractivity contribution in [3.05, 3.63) is 58.1 Å². The predicted molar refractivity (Wildman–Crippen MR) is 80.8 cm³/mol. The summed E-state index contributed by atoms with van der Waals surface area (Å²) in [6.45, 7) is 0.439. The third-order valence-corrected chi connectivity index (χ3v) is 3.40. The van der Waals surface area contributed by atoms with Gasteiger partial charge in [0.2, 0.25) is 0 Å². The smallest absolute Gasteiger partial charge is 0.162 e. The first-order valence-electron chi connectivity index (χ1n) is 5.96. The third kappa shape index (κ3) is 3.51. The normalized spacial score (nSPS) is 10.7. The lowest BCUT2D eigenvalue weighted by molar-refractivity contribution is 0.284. The average molecular weight is 336 g/mol. The van der Waals surface area contributed by atoms with E-state index in [-0.39, 0.29) is 0 Å². The summed E-state index contributed by atoms with van der Waals surface area (Å²) in [4.78, 5) is 0. The Morgan fingerprint density at radius 3 is 2.60 bits per heavy atom. The minimum Gasteiger partial charge on any atom is -0.493 e. The van der Waals surface area contributed by atoms with E-state index < -0.39 is 0 Å². The first kappa shape index (κ1) is 14.4. The summed E-state index contributed by atoms with van der Waals surface area (Å²) in [5.74, 6) is 1.21. The maximum absolute atomic E-state index is 8.65. The SMILES string of the molecule is COc1cc(Br)c(/C=N/O)cc1OCc1ccccc1. The molecule has 20 heavy (non-hydrogen) atoms. The predicted octanol–water partition coefficient (Wildman–Crippen LogP) is 3.84. The van der Waals surface area contributed by atoms with Crippen molar-refractivity contribution in [2.24, 2.45) is 5.16 Å². The van der Waals surface area contributed by atoms with Gasteiger partial charge >= 0.3 is 0 Å².